The van der Waals surface area contributed by atoms with E-state index in [9.17, 15) is 0 Å². The van der Waals surface area contributed by atoms with Crippen molar-refractivity contribution in [2.24, 2.45) is 0 Å². The van der Waals surface area contributed by atoms with Crippen LogP contribution < -0.4 is 0 Å². The van der Waals surface area contributed by atoms with E-state index in [1.165, 1.54) is 23.7 Å². The van der Waals surface area contributed by atoms with Gasteiger partial charge in [0.25, 0.3) is 0 Å². The third-order valence-electron chi connectivity index (χ3n) is 3.76. The summed E-state index contributed by atoms with van der Waals surface area (Å²) in [6.07, 6.45) is 0.232. The molecule has 0 saturated heterocycles. The summed E-state index contributed by atoms with van der Waals surface area (Å²) >= 11 is 7.80. The summed E-state index contributed by atoms with van der Waals surface area (Å²) in [5.41, 5.74) is 1.24. The van der Waals surface area contributed by atoms with Crippen LogP contribution in [0.1, 0.15) is 32.4 Å². The zero-order valence-electron chi connectivity index (χ0n) is 11.6. The fourth-order valence-corrected chi connectivity index (χ4v) is 6.47. The zero-order chi connectivity index (χ0) is 13.6. The van der Waals surface area contributed by atoms with Gasteiger partial charge < -0.3 is 0 Å². The van der Waals surface area contributed by atoms with Gasteiger partial charge in [-0.2, -0.15) is 0 Å². The van der Waals surface area contributed by atoms with Crippen LogP contribution in [0.25, 0.3) is 0 Å². The van der Waals surface area contributed by atoms with Crippen LogP contribution in [0.3, 0.4) is 0 Å². The molecule has 4 heteroatoms. The van der Waals surface area contributed by atoms with Crippen LogP contribution in [0, 0.1) is 0 Å². The Morgan fingerprint density at radius 1 is 1.22 bits per heavy atom. The standard InChI is InChI=1S/C14H24AsClOSi/c1-4-18(5-2,6-3)17-14(11-15)12-8-7-9-13(16)10-12/h7-10,14H,4-6,11,15H2,1-3H3. The molecule has 18 heavy (non-hydrogen) atoms. The molecule has 0 aliphatic carbocycles. The van der Waals surface area contributed by atoms with E-state index in [1.807, 2.05) is 18.2 Å². The molecule has 0 aliphatic heterocycles. The maximum atomic E-state index is 6.57. The van der Waals surface area contributed by atoms with Crippen LogP contribution in [0.4, 0.5) is 0 Å². The molecule has 2 atom stereocenters. The zero-order valence-corrected chi connectivity index (χ0v) is 15.8. The van der Waals surface area contributed by atoms with Crippen LogP contribution in [0.5, 0.6) is 0 Å². The van der Waals surface area contributed by atoms with Gasteiger partial charge in [0, 0.05) is 0 Å². The summed E-state index contributed by atoms with van der Waals surface area (Å²) in [7, 11) is -1.53. The van der Waals surface area contributed by atoms with E-state index >= 15 is 0 Å². The molecule has 1 aromatic carbocycles. The fraction of sp³-hybridized carbons (Fsp3) is 0.571. The fourth-order valence-electron chi connectivity index (χ4n) is 2.26. The van der Waals surface area contributed by atoms with Crippen LogP contribution in [0.15, 0.2) is 24.3 Å². The number of benzene rings is 1. The minimum atomic E-state index is -1.53. The Morgan fingerprint density at radius 2 is 1.83 bits per heavy atom. The molecule has 0 heterocycles. The molecule has 0 amide bonds. The van der Waals surface area contributed by atoms with E-state index in [1.54, 1.807) is 16.9 Å². The first-order chi connectivity index (χ1) is 8.60. The summed E-state index contributed by atoms with van der Waals surface area (Å²) in [5.74, 6) is 0. The Bertz CT molecular complexity index is 360. The van der Waals surface area contributed by atoms with Gasteiger partial charge in [0.15, 0.2) is 0 Å². The average Bonchev–Trinajstić information content (AvgIpc) is 2.41. The van der Waals surface area contributed by atoms with Crippen LogP contribution in [-0.2, 0) is 4.43 Å². The molecule has 102 valence electrons. The SMILES string of the molecule is CC[Si](CC)(CC)OC(C[AsH2])c1cccc(Cl)c1. The Labute approximate surface area is 126 Å². The summed E-state index contributed by atoms with van der Waals surface area (Å²) in [5, 5.41) is 1.88. The van der Waals surface area contributed by atoms with Gasteiger partial charge in [0.05, 0.1) is 0 Å². The predicted octanol–water partition coefficient (Wildman–Crippen LogP) is 4.45. The summed E-state index contributed by atoms with van der Waals surface area (Å²) in [6, 6.07) is 11.7. The van der Waals surface area contributed by atoms with E-state index in [0.29, 0.717) is 0 Å². The molecule has 1 rings (SSSR count). The van der Waals surface area contributed by atoms with Crippen LogP contribution in [-0.4, -0.2) is 25.2 Å². The molecule has 1 aromatic rings. The van der Waals surface area contributed by atoms with Gasteiger partial charge in [-0.3, -0.25) is 0 Å². The van der Waals surface area contributed by atoms with Crippen LogP contribution in [0.2, 0.25) is 28.4 Å². The molecule has 0 aliphatic rings. The third-order valence-corrected chi connectivity index (χ3v) is 9.54. The maximum absolute atomic E-state index is 6.57. The van der Waals surface area contributed by atoms with Crippen molar-refractivity contribution in [1.82, 2.24) is 0 Å². The van der Waals surface area contributed by atoms with Crippen molar-refractivity contribution in [2.75, 3.05) is 0 Å². The molecule has 0 fully saturated rings. The first kappa shape index (κ1) is 16.3. The van der Waals surface area contributed by atoms with Crippen molar-refractivity contribution in [3.05, 3.63) is 34.9 Å². The van der Waals surface area contributed by atoms with E-state index in [-0.39, 0.29) is 6.10 Å². The number of hydrogen-bond acceptors (Lipinski definition) is 1. The normalized spacial score (nSPS) is 13.6. The second kappa shape index (κ2) is 7.74. The summed E-state index contributed by atoms with van der Waals surface area (Å²) in [6.45, 7) is 6.82. The molecule has 0 bridgehead atoms. The third kappa shape index (κ3) is 4.13. The van der Waals surface area contributed by atoms with Gasteiger partial charge in [-0.15, -0.1) is 0 Å². The molecular weight excluding hydrogens is 323 g/mol. The first-order valence-electron chi connectivity index (χ1n) is 6.74. The molecule has 0 N–H and O–H groups in total. The molecule has 0 saturated carbocycles. The second-order valence-electron chi connectivity index (χ2n) is 4.64. The van der Waals surface area contributed by atoms with Crippen molar-refractivity contribution in [3.8, 4) is 0 Å². The first-order valence-corrected chi connectivity index (χ1v) is 11.4. The molecule has 0 aromatic heterocycles. The summed E-state index contributed by atoms with van der Waals surface area (Å²) in [4.78, 5) is 0. The molecule has 0 radical (unpaired) electrons. The van der Waals surface area contributed by atoms with Crippen molar-refractivity contribution < 1.29 is 4.43 Å². The van der Waals surface area contributed by atoms with E-state index in [2.05, 4.69) is 26.8 Å². The van der Waals surface area contributed by atoms with Crippen molar-refractivity contribution >= 4 is 36.8 Å². The van der Waals surface area contributed by atoms with Crippen molar-refractivity contribution in [1.29, 1.82) is 0 Å². The predicted molar refractivity (Wildman–Crippen MR) is 85.8 cm³/mol. The van der Waals surface area contributed by atoms with E-state index in [0.717, 1.165) is 10.2 Å². The molecule has 0 spiro atoms. The average molecular weight is 347 g/mol. The van der Waals surface area contributed by atoms with Crippen molar-refractivity contribution in [2.45, 2.75) is 50.2 Å². The number of halogens is 1. The second-order valence-corrected chi connectivity index (χ2v) is 10.8. The Hall–Kier alpha value is 0.245. The Balaban J connectivity index is 2.90. The van der Waals surface area contributed by atoms with Gasteiger partial charge in [0.2, 0.25) is 0 Å². The Kier molecular flexibility index (Phi) is 7.01. The van der Waals surface area contributed by atoms with Gasteiger partial charge in [0.1, 0.15) is 0 Å². The van der Waals surface area contributed by atoms with Gasteiger partial charge in [-0.1, -0.05) is 0 Å². The van der Waals surface area contributed by atoms with Gasteiger partial charge in [-0.25, -0.2) is 0 Å². The minimum absolute atomic E-state index is 0.232. The van der Waals surface area contributed by atoms with Gasteiger partial charge >= 0.3 is 126 Å². The Morgan fingerprint density at radius 3 is 2.28 bits per heavy atom. The van der Waals surface area contributed by atoms with Crippen molar-refractivity contribution in [3.63, 3.8) is 0 Å². The van der Waals surface area contributed by atoms with Crippen LogP contribution >= 0.6 is 11.6 Å². The number of hydrogen-bond donors (Lipinski definition) is 0. The quantitative estimate of drug-likeness (QED) is 0.663. The molecule has 2 unspecified atom stereocenters. The molecular formula is C14H24AsClOSi. The summed E-state index contributed by atoms with van der Waals surface area (Å²) < 4.78 is 6.57. The van der Waals surface area contributed by atoms with Gasteiger partial charge in [-0.05, 0) is 0 Å². The topological polar surface area (TPSA) is 9.23 Å². The van der Waals surface area contributed by atoms with E-state index in [4.69, 9.17) is 16.0 Å². The van der Waals surface area contributed by atoms with E-state index < -0.39 is 8.32 Å². The monoisotopic (exact) mass is 346 g/mol. The molecule has 1 nitrogen and oxygen atoms in total. The number of rotatable bonds is 7.